The molecular weight excluding hydrogens is 875 g/mol. The third-order valence-corrected chi connectivity index (χ3v) is 14.1. The van der Waals surface area contributed by atoms with E-state index in [9.17, 15) is 24.0 Å². The molecule has 3 aromatic heterocycles. The van der Waals surface area contributed by atoms with E-state index in [1.54, 1.807) is 30.5 Å². The lowest BCUT2D eigenvalue weighted by Crippen LogP contribution is -2.53. The van der Waals surface area contributed by atoms with Crippen molar-refractivity contribution in [2.75, 3.05) is 54.2 Å². The van der Waals surface area contributed by atoms with Gasteiger partial charge in [-0.15, -0.1) is 0 Å². The molecule has 0 saturated carbocycles. The summed E-state index contributed by atoms with van der Waals surface area (Å²) in [5, 5.41) is 6.26. The van der Waals surface area contributed by atoms with E-state index in [0.29, 0.717) is 68.7 Å². The lowest BCUT2D eigenvalue weighted by atomic mass is 9.89. The Labute approximate surface area is 391 Å². The van der Waals surface area contributed by atoms with Gasteiger partial charge < -0.3 is 58.7 Å². The zero-order valence-electron chi connectivity index (χ0n) is 38.2. The molecule has 356 valence electrons. The highest BCUT2D eigenvalue weighted by Gasteiger charge is 2.41. The number of rotatable bonds is 11. The lowest BCUT2D eigenvalue weighted by Gasteiger charge is -2.36. The van der Waals surface area contributed by atoms with Crippen LogP contribution in [0.25, 0.3) is 44.7 Å². The second-order valence-electron chi connectivity index (χ2n) is 18.0. The van der Waals surface area contributed by atoms with Crippen LogP contribution in [-0.2, 0) is 33.3 Å². The van der Waals surface area contributed by atoms with Gasteiger partial charge in [-0.2, -0.15) is 0 Å². The molecule has 0 bridgehead atoms. The number of ketones is 1. The molecule has 3 fully saturated rings. The van der Waals surface area contributed by atoms with Gasteiger partial charge in [0.1, 0.15) is 30.0 Å². The molecule has 1 aliphatic carbocycles. The molecule has 4 N–H and O–H groups in total. The summed E-state index contributed by atoms with van der Waals surface area (Å²) in [6, 6.07) is 13.1. The number of aromatic nitrogens is 5. The molecule has 68 heavy (non-hydrogen) atoms. The van der Waals surface area contributed by atoms with Crippen molar-refractivity contribution in [1.29, 1.82) is 0 Å². The van der Waals surface area contributed by atoms with Crippen LogP contribution in [0.4, 0.5) is 9.59 Å². The first-order valence-electron chi connectivity index (χ1n) is 23.3. The summed E-state index contributed by atoms with van der Waals surface area (Å²) in [5.41, 5.74) is 6.05. The predicted molar refractivity (Wildman–Crippen MR) is 246 cm³/mol. The van der Waals surface area contributed by atoms with E-state index in [2.05, 4.69) is 48.1 Å². The number of hydrogen-bond acceptors (Lipinski definition) is 12. The molecule has 3 saturated heterocycles. The quantitative estimate of drug-likeness (QED) is 0.114. The van der Waals surface area contributed by atoms with Crippen molar-refractivity contribution >= 4 is 40.7 Å². The van der Waals surface area contributed by atoms with Gasteiger partial charge in [0.2, 0.25) is 11.8 Å². The number of imidazole rings is 2. The SMILES string of the molecule is COC(=O)NCC(=O)N1CCCC1c1ncc(-c2ccc3c(c2)OC(C2CC(=O)C=C(OC)C2)n2c-3cc3cc(-c4cnc(C5CCCN5C(=O)C(NC(=O)OC)C5CCOCC5)[nH]4)ccc32)[nH]1. The highest BCUT2D eigenvalue weighted by atomic mass is 16.5. The number of carbonyl (C=O) groups is 5. The first kappa shape index (κ1) is 44.7. The number of amides is 4. The molecule has 7 heterocycles. The first-order valence-corrected chi connectivity index (χ1v) is 23.3. The van der Waals surface area contributed by atoms with Gasteiger partial charge in [-0.3, -0.25) is 14.4 Å². The molecule has 10 rings (SSSR count). The van der Waals surface area contributed by atoms with Crippen molar-refractivity contribution in [3.8, 4) is 39.5 Å². The molecule has 5 unspecified atom stereocenters. The maximum absolute atomic E-state index is 14.2. The Bertz CT molecular complexity index is 2790. The number of allylic oxidation sites excluding steroid dienone is 2. The fourth-order valence-corrected chi connectivity index (χ4v) is 10.7. The molecule has 5 atom stereocenters. The van der Waals surface area contributed by atoms with Crippen molar-refractivity contribution in [1.82, 2.24) is 44.9 Å². The van der Waals surface area contributed by atoms with Crippen LogP contribution in [-0.4, -0.2) is 124 Å². The summed E-state index contributed by atoms with van der Waals surface area (Å²) in [6.45, 7) is 2.00. The van der Waals surface area contributed by atoms with Gasteiger partial charge in [-0.05, 0) is 74.8 Å². The summed E-state index contributed by atoms with van der Waals surface area (Å²) >= 11 is 0. The summed E-state index contributed by atoms with van der Waals surface area (Å²) in [5.74, 6) is 1.91. The fraction of sp³-hybridized carbons (Fsp3) is 0.449. The number of methoxy groups -OCH3 is 3. The van der Waals surface area contributed by atoms with Gasteiger partial charge in [-0.1, -0.05) is 12.1 Å². The van der Waals surface area contributed by atoms with E-state index in [1.807, 2.05) is 29.2 Å². The van der Waals surface area contributed by atoms with E-state index in [1.165, 1.54) is 14.2 Å². The fourth-order valence-electron chi connectivity index (χ4n) is 10.7. The minimum absolute atomic E-state index is 0.0246. The van der Waals surface area contributed by atoms with Crippen LogP contribution in [0.2, 0.25) is 0 Å². The number of likely N-dealkylation sites (tertiary alicyclic amines) is 2. The standard InChI is InChI=1S/C49H55N9O10/c1-64-33-20-31(19-32(59)23-33)47-58-37-11-9-28(35-24-51-45(53-35)39-7-5-15-57(39)46(61)43(55-49(63)66-3)27-12-16-67-17-13-27)18-30(37)21-40(58)34-10-8-29(22-41(34)68-47)36-25-50-44(54-36)38-6-4-14-56(38)42(60)26-52-48(62)65-2/h8-11,18,21-25,27,31,38-39,43,47H,4-7,12-17,19-20,26H2,1-3H3,(H,50,54)(H,51,53)(H,52,62)(H,55,63). The molecule has 0 spiro atoms. The molecule has 4 aliphatic heterocycles. The summed E-state index contributed by atoms with van der Waals surface area (Å²) in [4.78, 5) is 84.5. The van der Waals surface area contributed by atoms with Gasteiger partial charge in [0.25, 0.3) is 0 Å². The molecule has 5 aromatic rings. The highest BCUT2D eigenvalue weighted by Crippen LogP contribution is 2.48. The molecule has 0 radical (unpaired) electrons. The van der Waals surface area contributed by atoms with Crippen molar-refractivity contribution in [2.24, 2.45) is 11.8 Å². The Morgan fingerprint density at radius 1 is 0.824 bits per heavy atom. The van der Waals surface area contributed by atoms with Crippen LogP contribution in [0.1, 0.15) is 81.3 Å². The van der Waals surface area contributed by atoms with Crippen molar-refractivity contribution in [2.45, 2.75) is 75.7 Å². The third-order valence-electron chi connectivity index (χ3n) is 14.1. The van der Waals surface area contributed by atoms with Gasteiger partial charge in [-0.25, -0.2) is 19.6 Å². The maximum Gasteiger partial charge on any atom is 0.407 e. The van der Waals surface area contributed by atoms with Crippen molar-refractivity contribution in [3.63, 3.8) is 0 Å². The Kier molecular flexibility index (Phi) is 12.4. The van der Waals surface area contributed by atoms with Crippen molar-refractivity contribution in [3.05, 3.63) is 78.3 Å². The van der Waals surface area contributed by atoms with E-state index in [4.69, 9.17) is 28.9 Å². The highest BCUT2D eigenvalue weighted by molar-refractivity contribution is 5.93. The third kappa shape index (κ3) is 8.54. The summed E-state index contributed by atoms with van der Waals surface area (Å²) in [6.07, 6.45) is 8.48. The van der Waals surface area contributed by atoms with Crippen LogP contribution < -0.4 is 15.4 Å². The summed E-state index contributed by atoms with van der Waals surface area (Å²) < 4.78 is 29.9. The van der Waals surface area contributed by atoms with Crippen LogP contribution in [0, 0.1) is 11.8 Å². The normalized spacial score (nSPS) is 21.9. The van der Waals surface area contributed by atoms with Gasteiger partial charge in [0, 0.05) is 73.2 Å². The minimum Gasteiger partial charge on any atom is -0.501 e. The Hall–Kier alpha value is -7.15. The number of H-pyrrole nitrogens is 2. The van der Waals surface area contributed by atoms with Gasteiger partial charge >= 0.3 is 12.2 Å². The zero-order chi connectivity index (χ0) is 47.1. The lowest BCUT2D eigenvalue weighted by molar-refractivity contribution is -0.137. The largest absolute Gasteiger partial charge is 0.501 e. The Balaban J connectivity index is 0.940. The number of carbonyl (C=O) groups excluding carboxylic acids is 5. The number of aromatic amines is 2. The first-order chi connectivity index (χ1) is 33.1. The Morgan fingerprint density at radius 2 is 1.50 bits per heavy atom. The number of nitrogens with zero attached hydrogens (tertiary/aromatic N) is 5. The number of alkyl carbamates (subject to hydrolysis) is 2. The maximum atomic E-state index is 14.2. The van der Waals surface area contributed by atoms with E-state index >= 15 is 0 Å². The van der Waals surface area contributed by atoms with E-state index in [-0.39, 0.29) is 54.5 Å². The van der Waals surface area contributed by atoms with Gasteiger partial charge in [0.15, 0.2) is 12.0 Å². The number of hydrogen-bond donors (Lipinski definition) is 4. The van der Waals surface area contributed by atoms with Crippen LogP contribution in [0.3, 0.4) is 0 Å². The average Bonchev–Trinajstić information content (AvgIpc) is 4.23. The van der Waals surface area contributed by atoms with Crippen LogP contribution >= 0.6 is 0 Å². The molecule has 5 aliphatic rings. The summed E-state index contributed by atoms with van der Waals surface area (Å²) in [7, 11) is 4.13. The van der Waals surface area contributed by atoms with E-state index < -0.39 is 24.5 Å². The smallest absolute Gasteiger partial charge is 0.407 e. The molecule has 19 heteroatoms. The zero-order valence-corrected chi connectivity index (χ0v) is 38.2. The molecular formula is C49H55N9O10. The topological polar surface area (TPSA) is 224 Å². The number of benzene rings is 2. The van der Waals surface area contributed by atoms with Crippen LogP contribution in [0.5, 0.6) is 5.75 Å². The number of ether oxygens (including phenoxy) is 5. The van der Waals surface area contributed by atoms with Crippen molar-refractivity contribution < 1.29 is 47.7 Å². The number of nitrogens with one attached hydrogen (secondary N) is 4. The predicted octanol–water partition coefficient (Wildman–Crippen LogP) is 6.32. The monoisotopic (exact) mass is 929 g/mol. The second kappa shape index (κ2) is 18.9. The molecule has 4 amide bonds. The molecule has 19 nitrogen and oxygen atoms in total. The average molecular weight is 930 g/mol. The van der Waals surface area contributed by atoms with E-state index in [0.717, 1.165) is 70.4 Å². The van der Waals surface area contributed by atoms with Gasteiger partial charge in [0.05, 0.1) is 74.2 Å². The van der Waals surface area contributed by atoms with Crippen LogP contribution in [0.15, 0.2) is 66.7 Å². The Morgan fingerprint density at radius 3 is 2.21 bits per heavy atom. The number of fused-ring (bicyclic) bond motifs is 5. The molecule has 2 aromatic carbocycles. The second-order valence-corrected chi connectivity index (χ2v) is 18.0. The minimum atomic E-state index is -0.729.